The summed E-state index contributed by atoms with van der Waals surface area (Å²) in [4.78, 5) is 7.36. The molecule has 0 aromatic heterocycles. The van der Waals surface area contributed by atoms with Gasteiger partial charge in [0.05, 0.1) is 0 Å². The molecular weight excluding hydrogens is 242 g/mol. The van der Waals surface area contributed by atoms with Crippen molar-refractivity contribution in [3.63, 3.8) is 0 Å². The summed E-state index contributed by atoms with van der Waals surface area (Å²) in [7, 11) is 0. The Balaban J connectivity index is 1.81. The third-order valence-corrected chi connectivity index (χ3v) is 4.86. The Morgan fingerprint density at radius 3 is 2.89 bits per heavy atom. The third-order valence-electron chi connectivity index (χ3n) is 3.95. The molecule has 104 valence electrons. The lowest BCUT2D eigenvalue weighted by atomic mass is 10.0. The van der Waals surface area contributed by atoms with E-state index in [1.165, 1.54) is 31.7 Å². The molecule has 0 spiro atoms. The molecular formula is C14H27N3S. The Morgan fingerprint density at radius 1 is 1.50 bits per heavy atom. The Kier molecular flexibility index (Phi) is 4.59. The van der Waals surface area contributed by atoms with E-state index in [9.17, 15) is 0 Å². The molecule has 1 N–H and O–H groups in total. The van der Waals surface area contributed by atoms with Crippen molar-refractivity contribution in [2.45, 2.75) is 52.1 Å². The van der Waals surface area contributed by atoms with Crippen LogP contribution in [0.3, 0.4) is 0 Å². The second-order valence-corrected chi connectivity index (χ2v) is 7.58. The Bertz CT molecular complexity index is 312. The van der Waals surface area contributed by atoms with Gasteiger partial charge in [-0.25, -0.2) is 0 Å². The molecule has 1 atom stereocenters. The summed E-state index contributed by atoms with van der Waals surface area (Å²) in [5.74, 6) is 1.95. The minimum Gasteiger partial charge on any atom is -0.360 e. The normalized spacial score (nSPS) is 30.9. The number of nitrogens with one attached hydrogen (secondary N) is 1. The van der Waals surface area contributed by atoms with Crippen molar-refractivity contribution in [3.05, 3.63) is 0 Å². The monoisotopic (exact) mass is 269 g/mol. The Morgan fingerprint density at radius 2 is 2.28 bits per heavy atom. The van der Waals surface area contributed by atoms with Gasteiger partial charge in [0.2, 0.25) is 0 Å². The largest absolute Gasteiger partial charge is 0.360 e. The summed E-state index contributed by atoms with van der Waals surface area (Å²) in [6.45, 7) is 12.6. The number of likely N-dealkylation sites (tertiary alicyclic amines) is 1. The Hall–Kier alpha value is -0.220. The van der Waals surface area contributed by atoms with Crippen LogP contribution in [0.1, 0.15) is 40.5 Å². The van der Waals surface area contributed by atoms with Gasteiger partial charge in [0.1, 0.15) is 0 Å². The Labute approximate surface area is 116 Å². The highest BCUT2D eigenvalue weighted by atomic mass is 32.2. The van der Waals surface area contributed by atoms with E-state index in [2.05, 4.69) is 37.9 Å². The molecule has 4 heteroatoms. The first-order valence-electron chi connectivity index (χ1n) is 7.16. The molecule has 2 saturated heterocycles. The van der Waals surface area contributed by atoms with Crippen LogP contribution in [0.4, 0.5) is 0 Å². The van der Waals surface area contributed by atoms with Crippen LogP contribution >= 0.6 is 11.8 Å². The van der Waals surface area contributed by atoms with Crippen LogP contribution in [-0.2, 0) is 0 Å². The lowest BCUT2D eigenvalue weighted by molar-refractivity contribution is 0.266. The molecule has 0 saturated carbocycles. The van der Waals surface area contributed by atoms with E-state index >= 15 is 0 Å². The van der Waals surface area contributed by atoms with Gasteiger partial charge in [0.15, 0.2) is 5.17 Å². The minimum absolute atomic E-state index is 0.226. The number of rotatable bonds is 3. The highest BCUT2D eigenvalue weighted by Crippen LogP contribution is 2.23. The van der Waals surface area contributed by atoms with Crippen LogP contribution in [0.5, 0.6) is 0 Å². The molecule has 1 unspecified atom stereocenters. The third kappa shape index (κ3) is 3.89. The zero-order valence-corrected chi connectivity index (χ0v) is 13.0. The van der Waals surface area contributed by atoms with Crippen LogP contribution < -0.4 is 5.32 Å². The van der Waals surface area contributed by atoms with E-state index in [4.69, 9.17) is 4.99 Å². The lowest BCUT2D eigenvalue weighted by Crippen LogP contribution is -2.46. The molecule has 18 heavy (non-hydrogen) atoms. The van der Waals surface area contributed by atoms with Gasteiger partial charge in [-0.15, -0.1) is 0 Å². The van der Waals surface area contributed by atoms with Crippen LogP contribution in [0.15, 0.2) is 4.99 Å². The van der Waals surface area contributed by atoms with Crippen molar-refractivity contribution >= 4 is 16.9 Å². The quantitative estimate of drug-likeness (QED) is 0.853. The fourth-order valence-electron chi connectivity index (χ4n) is 2.57. The van der Waals surface area contributed by atoms with Crippen LogP contribution in [0.2, 0.25) is 0 Å². The van der Waals surface area contributed by atoms with Gasteiger partial charge in [-0.1, -0.05) is 11.8 Å². The smallest absolute Gasteiger partial charge is 0.156 e. The summed E-state index contributed by atoms with van der Waals surface area (Å²) in [6, 6.07) is 0.684. The number of hydrogen-bond acceptors (Lipinski definition) is 3. The number of aliphatic imine (C=N–C) groups is 1. The molecule has 0 aliphatic carbocycles. The molecule has 2 aliphatic rings. The number of thioether (sulfide) groups is 1. The maximum atomic E-state index is 4.80. The van der Waals surface area contributed by atoms with Crippen molar-refractivity contribution in [2.75, 3.05) is 25.4 Å². The van der Waals surface area contributed by atoms with E-state index in [0.29, 0.717) is 6.04 Å². The van der Waals surface area contributed by atoms with Gasteiger partial charge in [0.25, 0.3) is 0 Å². The first-order valence-corrected chi connectivity index (χ1v) is 8.14. The van der Waals surface area contributed by atoms with Gasteiger partial charge < -0.3 is 10.2 Å². The van der Waals surface area contributed by atoms with Crippen molar-refractivity contribution < 1.29 is 0 Å². The molecule has 0 aromatic rings. The van der Waals surface area contributed by atoms with E-state index in [0.717, 1.165) is 17.6 Å². The van der Waals surface area contributed by atoms with Crippen LogP contribution in [-0.4, -0.2) is 47.0 Å². The second kappa shape index (κ2) is 5.83. The summed E-state index contributed by atoms with van der Waals surface area (Å²) in [6.07, 6.45) is 2.53. The first-order chi connectivity index (χ1) is 8.46. The van der Waals surface area contributed by atoms with Gasteiger partial charge in [-0.05, 0) is 53.0 Å². The summed E-state index contributed by atoms with van der Waals surface area (Å²) in [5, 5.41) is 4.71. The first kappa shape index (κ1) is 14.2. The van der Waals surface area contributed by atoms with E-state index in [1.807, 2.05) is 11.8 Å². The molecule has 2 rings (SSSR count). The summed E-state index contributed by atoms with van der Waals surface area (Å²) in [5.41, 5.74) is 0.226. The van der Waals surface area contributed by atoms with E-state index in [1.54, 1.807) is 0 Å². The molecule has 0 aromatic carbocycles. The van der Waals surface area contributed by atoms with E-state index < -0.39 is 0 Å². The fraction of sp³-hybridized carbons (Fsp3) is 0.929. The van der Waals surface area contributed by atoms with Crippen LogP contribution in [0.25, 0.3) is 0 Å². The molecule has 3 nitrogen and oxygen atoms in total. The van der Waals surface area contributed by atoms with Crippen LogP contribution in [0, 0.1) is 5.92 Å². The lowest BCUT2D eigenvalue weighted by Gasteiger charge is -2.32. The molecule has 0 amide bonds. The molecule has 0 radical (unpaired) electrons. The van der Waals surface area contributed by atoms with Gasteiger partial charge in [0, 0.05) is 30.4 Å². The molecule has 2 fully saturated rings. The maximum Gasteiger partial charge on any atom is 0.156 e. The topological polar surface area (TPSA) is 27.6 Å². The van der Waals surface area contributed by atoms with Crippen molar-refractivity contribution in [2.24, 2.45) is 10.9 Å². The number of nitrogens with zero attached hydrogens (tertiary/aromatic N) is 2. The second-order valence-electron chi connectivity index (χ2n) is 6.50. The standard InChI is InChI=1S/C14H27N3S/c1-11(2)17-7-5-12(10-17)9-15-13-16-14(3,4)6-8-18-13/h11-12H,5-10H2,1-4H3,(H,15,16). The van der Waals surface area contributed by atoms with Crippen molar-refractivity contribution in [1.82, 2.24) is 10.2 Å². The van der Waals surface area contributed by atoms with Gasteiger partial charge in [-0.3, -0.25) is 4.99 Å². The zero-order valence-electron chi connectivity index (χ0n) is 12.2. The fourth-order valence-corrected chi connectivity index (χ4v) is 3.89. The average molecular weight is 269 g/mol. The highest BCUT2D eigenvalue weighted by Gasteiger charge is 2.26. The number of hydrogen-bond donors (Lipinski definition) is 1. The van der Waals surface area contributed by atoms with Gasteiger partial charge in [-0.2, -0.15) is 0 Å². The van der Waals surface area contributed by atoms with Gasteiger partial charge >= 0.3 is 0 Å². The maximum absolute atomic E-state index is 4.80. The average Bonchev–Trinajstić information content (AvgIpc) is 2.74. The molecule has 2 heterocycles. The minimum atomic E-state index is 0.226. The highest BCUT2D eigenvalue weighted by molar-refractivity contribution is 8.13. The van der Waals surface area contributed by atoms with E-state index in [-0.39, 0.29) is 5.54 Å². The van der Waals surface area contributed by atoms with Crippen molar-refractivity contribution in [1.29, 1.82) is 0 Å². The predicted octanol–water partition coefficient (Wildman–Crippen LogP) is 2.58. The summed E-state index contributed by atoms with van der Waals surface area (Å²) >= 11 is 1.88. The number of amidine groups is 1. The summed E-state index contributed by atoms with van der Waals surface area (Å²) < 4.78 is 0. The zero-order chi connectivity index (χ0) is 13.2. The predicted molar refractivity (Wildman–Crippen MR) is 81.4 cm³/mol. The molecule has 2 aliphatic heterocycles. The molecule has 0 bridgehead atoms. The van der Waals surface area contributed by atoms with Crippen molar-refractivity contribution in [3.8, 4) is 0 Å². The SMILES string of the molecule is CC(C)N1CCC(CN=C2NC(C)(C)CCS2)C1.